The van der Waals surface area contributed by atoms with Gasteiger partial charge in [0.05, 0.1) is 5.60 Å². The lowest BCUT2D eigenvalue weighted by Gasteiger charge is -2.33. The van der Waals surface area contributed by atoms with Crippen molar-refractivity contribution in [2.75, 3.05) is 0 Å². The molecule has 1 rings (SSSR count). The molecular formula is C15H21F5OSi. The molecule has 1 aromatic carbocycles. The van der Waals surface area contributed by atoms with Crippen LogP contribution in [0.25, 0.3) is 0 Å². The first-order valence-corrected chi connectivity index (χ1v) is 8.10. The number of rotatable bonds is 7. The van der Waals surface area contributed by atoms with Crippen molar-refractivity contribution in [3.8, 4) is 0 Å². The average Bonchev–Trinajstić information content (AvgIpc) is 2.53. The van der Waals surface area contributed by atoms with Crippen LogP contribution in [0.4, 0.5) is 22.0 Å². The predicted molar refractivity (Wildman–Crippen MR) is 78.1 cm³/mol. The molecule has 0 aromatic heterocycles. The van der Waals surface area contributed by atoms with Crippen LogP contribution in [0.1, 0.15) is 45.6 Å². The van der Waals surface area contributed by atoms with Gasteiger partial charge in [0.2, 0.25) is 5.82 Å². The molecule has 0 aliphatic rings. The van der Waals surface area contributed by atoms with Crippen LogP contribution in [0, 0.1) is 35.0 Å². The molecule has 0 heterocycles. The van der Waals surface area contributed by atoms with Crippen molar-refractivity contribution in [1.29, 1.82) is 0 Å². The Kier molecular flexibility index (Phi) is 6.55. The van der Waals surface area contributed by atoms with Crippen LogP contribution in [0.3, 0.4) is 0 Å². The van der Waals surface area contributed by atoms with Gasteiger partial charge in [0, 0.05) is 5.56 Å². The molecule has 1 unspecified atom stereocenters. The molecule has 22 heavy (non-hydrogen) atoms. The van der Waals surface area contributed by atoms with Crippen LogP contribution < -0.4 is 0 Å². The number of halogens is 5. The van der Waals surface area contributed by atoms with Crippen molar-refractivity contribution < 1.29 is 26.4 Å². The summed E-state index contributed by atoms with van der Waals surface area (Å²) in [4.78, 5) is 0. The smallest absolute Gasteiger partial charge is 0.200 e. The average molecular weight is 340 g/mol. The molecule has 0 amide bonds. The van der Waals surface area contributed by atoms with Crippen molar-refractivity contribution in [3.63, 3.8) is 0 Å². The van der Waals surface area contributed by atoms with Gasteiger partial charge in [-0.15, -0.1) is 0 Å². The molecule has 0 radical (unpaired) electrons. The molecule has 0 fully saturated rings. The first-order chi connectivity index (χ1) is 10.2. The number of hydrogen-bond donors (Lipinski definition) is 0. The Morgan fingerprint density at radius 3 is 1.68 bits per heavy atom. The topological polar surface area (TPSA) is 9.23 Å². The minimum atomic E-state index is -2.12. The fraction of sp³-hybridized carbons (Fsp3) is 0.600. The summed E-state index contributed by atoms with van der Waals surface area (Å²) in [5, 5.41) is 0. The fourth-order valence-corrected chi connectivity index (χ4v) is 3.54. The maximum Gasteiger partial charge on any atom is 0.200 e. The summed E-state index contributed by atoms with van der Waals surface area (Å²) in [7, 11) is 0.518. The summed E-state index contributed by atoms with van der Waals surface area (Å²) in [6, 6.07) is 0. The van der Waals surface area contributed by atoms with Crippen molar-refractivity contribution in [3.05, 3.63) is 34.6 Å². The highest BCUT2D eigenvalue weighted by molar-refractivity contribution is 5.98. The lowest BCUT2D eigenvalue weighted by atomic mass is 9.84. The third-order valence-electron chi connectivity index (χ3n) is 4.30. The van der Waals surface area contributed by atoms with E-state index in [-0.39, 0.29) is 12.3 Å². The van der Waals surface area contributed by atoms with Crippen LogP contribution in [0.2, 0.25) is 0 Å². The van der Waals surface area contributed by atoms with Crippen LogP contribution in [0.5, 0.6) is 0 Å². The van der Waals surface area contributed by atoms with Gasteiger partial charge in [0.25, 0.3) is 0 Å². The fourth-order valence-electron chi connectivity index (χ4n) is 2.80. The van der Waals surface area contributed by atoms with Gasteiger partial charge in [-0.2, -0.15) is 0 Å². The van der Waals surface area contributed by atoms with Crippen molar-refractivity contribution in [2.45, 2.75) is 52.1 Å². The second kappa shape index (κ2) is 7.54. The second-order valence-corrected chi connectivity index (χ2v) is 6.06. The van der Waals surface area contributed by atoms with Crippen LogP contribution in [-0.4, -0.2) is 16.1 Å². The lowest BCUT2D eigenvalue weighted by molar-refractivity contribution is 0.0453. The van der Waals surface area contributed by atoms with Crippen LogP contribution in [0.15, 0.2) is 0 Å². The summed E-state index contributed by atoms with van der Waals surface area (Å²) >= 11 is 0. The zero-order chi connectivity index (χ0) is 17.1. The van der Waals surface area contributed by atoms with E-state index in [0.717, 1.165) is 12.8 Å². The monoisotopic (exact) mass is 340 g/mol. The minimum absolute atomic E-state index is 0.224. The van der Waals surface area contributed by atoms with E-state index >= 15 is 0 Å². The van der Waals surface area contributed by atoms with Gasteiger partial charge in [-0.3, -0.25) is 0 Å². The summed E-state index contributed by atoms with van der Waals surface area (Å²) in [6.07, 6.45) is 1.74. The van der Waals surface area contributed by atoms with Gasteiger partial charge >= 0.3 is 0 Å². The Bertz CT molecular complexity index is 494. The summed E-state index contributed by atoms with van der Waals surface area (Å²) in [6.45, 7) is 5.62. The largest absolute Gasteiger partial charge is 0.422 e. The molecule has 0 N–H and O–H groups in total. The Morgan fingerprint density at radius 1 is 0.909 bits per heavy atom. The second-order valence-electron chi connectivity index (χ2n) is 5.66. The SMILES string of the molecule is CCC(CC)(CC(C)Cc1c(F)c(F)c(F)c(F)c1F)O[SiH3]. The molecule has 0 saturated carbocycles. The Morgan fingerprint density at radius 2 is 1.32 bits per heavy atom. The van der Waals surface area contributed by atoms with Crippen molar-refractivity contribution in [1.82, 2.24) is 0 Å². The molecule has 0 spiro atoms. The van der Waals surface area contributed by atoms with Crippen LogP contribution in [-0.2, 0) is 10.8 Å². The quantitative estimate of drug-likeness (QED) is 0.317. The number of hydrogen-bond acceptors (Lipinski definition) is 1. The molecule has 1 aromatic rings. The van der Waals surface area contributed by atoms with Gasteiger partial charge in [-0.1, -0.05) is 20.8 Å². The molecule has 0 aliphatic carbocycles. The summed E-state index contributed by atoms with van der Waals surface area (Å²) < 4.78 is 72.5. The summed E-state index contributed by atoms with van der Waals surface area (Å²) in [5.74, 6) is -9.66. The molecule has 126 valence electrons. The standard InChI is InChI=1S/C15H21F5OSi/c1-4-15(5-2,21-22)7-8(3)6-9-10(16)12(18)14(20)13(19)11(9)17/h8H,4-7H2,1-3,22H3. The first kappa shape index (κ1) is 19.1. The Balaban J connectivity index is 3.05. The molecule has 0 bridgehead atoms. The third-order valence-corrected chi connectivity index (χ3v) is 5.16. The lowest BCUT2D eigenvalue weighted by Crippen LogP contribution is -2.33. The van der Waals surface area contributed by atoms with E-state index in [0.29, 0.717) is 16.9 Å². The van der Waals surface area contributed by atoms with Crippen molar-refractivity contribution >= 4 is 10.5 Å². The zero-order valence-corrected chi connectivity index (χ0v) is 15.2. The normalized spacial score (nSPS) is 13.6. The predicted octanol–water partition coefficient (Wildman–Crippen LogP) is 3.81. The molecule has 1 atom stereocenters. The van der Waals surface area contributed by atoms with E-state index in [4.69, 9.17) is 4.43 Å². The van der Waals surface area contributed by atoms with E-state index in [1.807, 2.05) is 13.8 Å². The van der Waals surface area contributed by atoms with Gasteiger partial charge in [0.15, 0.2) is 23.3 Å². The Labute approximate surface area is 130 Å². The van der Waals surface area contributed by atoms with E-state index in [2.05, 4.69) is 0 Å². The van der Waals surface area contributed by atoms with E-state index in [9.17, 15) is 22.0 Å². The molecule has 1 nitrogen and oxygen atoms in total. The maximum atomic E-state index is 13.7. The zero-order valence-electron chi connectivity index (χ0n) is 13.2. The van der Waals surface area contributed by atoms with Gasteiger partial charge in [0.1, 0.15) is 10.5 Å². The third kappa shape index (κ3) is 3.68. The highest BCUT2D eigenvalue weighted by atomic mass is 28.2. The minimum Gasteiger partial charge on any atom is -0.422 e. The van der Waals surface area contributed by atoms with Gasteiger partial charge < -0.3 is 4.43 Å². The van der Waals surface area contributed by atoms with Gasteiger partial charge in [-0.25, -0.2) is 22.0 Å². The van der Waals surface area contributed by atoms with E-state index in [1.165, 1.54) is 0 Å². The first-order valence-electron chi connectivity index (χ1n) is 7.28. The highest BCUT2D eigenvalue weighted by Gasteiger charge is 2.30. The Hall–Kier alpha value is -0.953. The molecule has 0 aliphatic heterocycles. The maximum absolute atomic E-state index is 13.7. The summed E-state index contributed by atoms with van der Waals surface area (Å²) in [5.41, 5.74) is -1.14. The molecule has 0 saturated heterocycles. The van der Waals surface area contributed by atoms with E-state index < -0.39 is 40.3 Å². The van der Waals surface area contributed by atoms with E-state index in [1.54, 1.807) is 6.92 Å². The highest BCUT2D eigenvalue weighted by Crippen LogP contribution is 2.31. The number of benzene rings is 1. The molecular weight excluding hydrogens is 319 g/mol. The van der Waals surface area contributed by atoms with Crippen LogP contribution >= 0.6 is 0 Å². The molecule has 7 heteroatoms. The van der Waals surface area contributed by atoms with Gasteiger partial charge in [-0.05, 0) is 31.6 Å². The van der Waals surface area contributed by atoms with Crippen molar-refractivity contribution in [2.24, 2.45) is 5.92 Å².